The van der Waals surface area contributed by atoms with Gasteiger partial charge in [-0.25, -0.2) is 36.8 Å². The number of hydrogen-bond donors (Lipinski definition) is 2. The lowest BCUT2D eigenvalue weighted by Crippen LogP contribution is -2.48. The number of aromatic nitrogens is 4. The molecule has 6 aromatic rings. The van der Waals surface area contributed by atoms with E-state index in [9.17, 15) is 45.6 Å². The Labute approximate surface area is 755 Å². The van der Waals surface area contributed by atoms with Gasteiger partial charge in [-0.3, -0.25) is 47.8 Å². The molecule has 4 aliphatic carbocycles. The van der Waals surface area contributed by atoms with Crippen LogP contribution in [0.25, 0.3) is 44.1 Å². The number of allylic oxidation sites excluding steroid dienone is 4. The summed E-state index contributed by atoms with van der Waals surface area (Å²) < 4.78 is 92.5. The molecule has 128 heavy (non-hydrogen) atoms. The minimum atomic E-state index is -3.97. The van der Waals surface area contributed by atoms with E-state index in [-0.39, 0.29) is 145 Å². The largest absolute Gasteiger partial charge is 0.497 e. The fourth-order valence-electron chi connectivity index (χ4n) is 19.1. The molecule has 692 valence electrons. The molecule has 2 saturated heterocycles. The monoisotopic (exact) mass is 1800 g/mol. The average molecular weight is 1800 g/mol. The second-order valence-corrected chi connectivity index (χ2v) is 46.1. The van der Waals surface area contributed by atoms with Gasteiger partial charge in [0, 0.05) is 110 Å². The number of ketones is 4. The third kappa shape index (κ3) is 22.5. The van der Waals surface area contributed by atoms with Crippen LogP contribution < -0.4 is 37.9 Å². The normalized spacial score (nSPS) is 27.8. The maximum absolute atomic E-state index is 15.2. The summed E-state index contributed by atoms with van der Waals surface area (Å²) in [5.41, 5.74) is -0.521. The van der Waals surface area contributed by atoms with E-state index in [0.29, 0.717) is 121 Å². The van der Waals surface area contributed by atoms with Crippen LogP contribution in [0.4, 0.5) is 0 Å². The molecule has 14 rings (SSSR count). The SMILES string of the molecule is COc1ccc2c(O[C@@H]3C[C@H]4C(=O)C[C@]5(C(=O)NS(=O)(=O)C6(C)CC6)C[C@H]5/C=C\CC[C@@H](C)C[C@@H](C)[C@H](CC(=O)CC(C)(C)C)C(=O)N4C3)nc(-c3ccc(OC(C)C)nc3)cc2c1.COc1ccc2c(O[C@@H]3C[C@H]4C(=O)C[C@]5(C(=O)NS(=O)(=O)C6(C)CC6)C[C@H]5/C=C\CC[C@H](C)C[C@@H](C)[C@H](CC(=O)CC(C)(C)C)C(=O)N4C3)nc(-c3ccc(OC(C)C)nc3)cc2c1. The first-order valence-electron chi connectivity index (χ1n) is 45.9. The van der Waals surface area contributed by atoms with Crippen LogP contribution in [0.15, 0.2) is 109 Å². The molecule has 14 atom stereocenters. The Balaban J connectivity index is 0.000000219. The minimum Gasteiger partial charge on any atom is -0.497 e. The summed E-state index contributed by atoms with van der Waals surface area (Å²) in [7, 11) is -4.76. The zero-order valence-corrected chi connectivity index (χ0v) is 79.5. The predicted octanol–water partition coefficient (Wildman–Crippen LogP) is 16.9. The Hall–Kier alpha value is -9.70. The van der Waals surface area contributed by atoms with Crippen LogP contribution in [0, 0.1) is 69.0 Å². The predicted molar refractivity (Wildman–Crippen MR) is 490 cm³/mol. The number of hydrogen-bond acceptors (Lipinski definition) is 22. The summed E-state index contributed by atoms with van der Waals surface area (Å²) in [5, 5.41) is 2.97. The van der Waals surface area contributed by atoms with E-state index in [1.807, 2.05) is 168 Å². The van der Waals surface area contributed by atoms with E-state index in [1.54, 1.807) is 62.4 Å². The second-order valence-electron chi connectivity index (χ2n) is 41.7. The van der Waals surface area contributed by atoms with Gasteiger partial charge in [0.05, 0.1) is 83.3 Å². The molecule has 0 unspecified atom stereocenters. The van der Waals surface area contributed by atoms with Crippen molar-refractivity contribution in [1.82, 2.24) is 39.2 Å². The molecule has 4 aliphatic heterocycles. The number of methoxy groups -OCH3 is 2. The standard InChI is InChI=1S/2C50H66N4O9S/c2*1-30(2)62-44-17-14-33(28-51-44)41-22-34-21-37(61-9)15-16-39(34)45(52-41)63-38-24-42-43(56)27-50(47(58)53-64(59,60)49(8)18-19-49)25-35(50)13-11-10-12-31(3)20-32(4)40(46(57)54(42)29-38)23-36(55)26-48(5,6)7/h2*11,13-17,21-22,28,30-32,35,38,40,42H,10,12,18-20,23-27,29H2,1-9H3,(H,53,58)/b2*13-11-/t31-,32+,35+,38+,40-,42-,50+;31-,32-,35-,38-,40+,42+,50-/m01/s1. The van der Waals surface area contributed by atoms with Gasteiger partial charge in [0.25, 0.3) is 0 Å². The van der Waals surface area contributed by atoms with Gasteiger partial charge in [0.15, 0.2) is 11.6 Å². The fraction of sp³-hybridized carbons (Fsp3) is 0.600. The Kier molecular flexibility index (Phi) is 28.5. The fourth-order valence-corrected chi connectivity index (χ4v) is 21.8. The van der Waals surface area contributed by atoms with Gasteiger partial charge in [-0.15, -0.1) is 0 Å². The number of ether oxygens (including phenoxy) is 6. The number of nitrogens with one attached hydrogen (secondary N) is 2. The molecule has 2 aromatic carbocycles. The van der Waals surface area contributed by atoms with Crippen LogP contribution in [0.1, 0.15) is 239 Å². The highest BCUT2D eigenvalue weighted by Crippen LogP contribution is 2.60. The average Bonchev–Trinajstić information content (AvgIpc) is 1.57. The van der Waals surface area contributed by atoms with Gasteiger partial charge in [0.2, 0.25) is 67.2 Å². The van der Waals surface area contributed by atoms with Gasteiger partial charge in [-0.1, -0.05) is 93.5 Å². The van der Waals surface area contributed by atoms with Crippen molar-refractivity contribution in [3.05, 3.63) is 109 Å². The van der Waals surface area contributed by atoms with E-state index < -0.39 is 88.3 Å². The van der Waals surface area contributed by atoms with E-state index in [1.165, 1.54) is 0 Å². The van der Waals surface area contributed by atoms with Crippen LogP contribution in [0.3, 0.4) is 0 Å². The molecule has 0 bridgehead atoms. The summed E-state index contributed by atoms with van der Waals surface area (Å²) in [5.74, 6) is -1.75. The Bertz CT molecular complexity index is 5140. The maximum Gasteiger partial charge on any atom is 0.240 e. The van der Waals surface area contributed by atoms with E-state index in [2.05, 4.69) is 33.3 Å². The van der Waals surface area contributed by atoms with Crippen molar-refractivity contribution in [2.75, 3.05) is 27.3 Å². The molecule has 28 heteroatoms. The molecule has 6 fully saturated rings. The Morgan fingerprint density at radius 3 is 1.23 bits per heavy atom. The van der Waals surface area contributed by atoms with Crippen LogP contribution in [0.5, 0.6) is 35.0 Å². The number of sulfonamides is 2. The van der Waals surface area contributed by atoms with Gasteiger partial charge >= 0.3 is 0 Å². The molecule has 0 spiro atoms. The number of fused-ring (bicyclic) bond motifs is 6. The number of carbonyl (C=O) groups is 8. The van der Waals surface area contributed by atoms with Crippen molar-refractivity contribution in [3.63, 3.8) is 0 Å². The van der Waals surface area contributed by atoms with Crippen molar-refractivity contribution < 1.29 is 83.6 Å². The van der Waals surface area contributed by atoms with Crippen molar-refractivity contribution >= 4 is 88.4 Å². The number of pyridine rings is 4. The van der Waals surface area contributed by atoms with Gasteiger partial charge in [0.1, 0.15) is 35.3 Å². The molecular weight excluding hydrogens is 1670 g/mol. The zero-order valence-electron chi connectivity index (χ0n) is 77.9. The molecule has 8 heterocycles. The lowest BCUT2D eigenvalue weighted by molar-refractivity contribution is -0.145. The topological polar surface area (TPSA) is 342 Å². The lowest BCUT2D eigenvalue weighted by atomic mass is 9.79. The smallest absolute Gasteiger partial charge is 0.240 e. The highest BCUT2D eigenvalue weighted by atomic mass is 32.2. The summed E-state index contributed by atoms with van der Waals surface area (Å²) in [6.07, 6.45) is 17.3. The summed E-state index contributed by atoms with van der Waals surface area (Å²) >= 11 is 0. The first kappa shape index (κ1) is 95.9. The minimum absolute atomic E-state index is 0.00991. The number of Topliss-reactive ketones (excluding diaryl/α,β-unsaturated/α-hetero) is 4. The van der Waals surface area contributed by atoms with Crippen molar-refractivity contribution in [2.45, 2.75) is 285 Å². The second kappa shape index (κ2) is 38.0. The first-order chi connectivity index (χ1) is 60.2. The maximum atomic E-state index is 15.2. The zero-order chi connectivity index (χ0) is 92.7. The molecule has 4 saturated carbocycles. The van der Waals surface area contributed by atoms with Crippen LogP contribution in [0.2, 0.25) is 0 Å². The molecular formula is C100H132N8O18S2. The molecule has 0 radical (unpaired) electrons. The molecule has 2 N–H and O–H groups in total. The third-order valence-electron chi connectivity index (χ3n) is 27.3. The summed E-state index contributed by atoms with van der Waals surface area (Å²) in [6.45, 7) is 31.4. The number of nitrogens with zero attached hydrogens (tertiary/aromatic N) is 6. The first-order valence-corrected chi connectivity index (χ1v) is 48.9. The van der Waals surface area contributed by atoms with Crippen molar-refractivity contribution in [1.29, 1.82) is 0 Å². The van der Waals surface area contributed by atoms with Crippen LogP contribution in [-0.2, 0) is 58.4 Å². The number of benzene rings is 2. The molecule has 4 aromatic heterocycles. The van der Waals surface area contributed by atoms with E-state index in [0.717, 1.165) is 47.6 Å². The Morgan fingerprint density at radius 1 is 0.523 bits per heavy atom. The van der Waals surface area contributed by atoms with Gasteiger partial charge in [-0.05, 0) is 236 Å². The number of carbonyl (C=O) groups excluding carboxylic acids is 8. The number of amides is 4. The van der Waals surface area contributed by atoms with Crippen LogP contribution >= 0.6 is 0 Å². The lowest BCUT2D eigenvalue weighted by Gasteiger charge is -2.32. The molecule has 26 nitrogen and oxygen atoms in total. The van der Waals surface area contributed by atoms with Gasteiger partial charge in [-0.2, -0.15) is 0 Å². The van der Waals surface area contributed by atoms with Crippen molar-refractivity contribution in [3.8, 4) is 57.5 Å². The quantitative estimate of drug-likeness (QED) is 0.0532. The summed E-state index contributed by atoms with van der Waals surface area (Å²) in [6, 6.07) is 20.3. The molecule has 8 aliphatic rings. The summed E-state index contributed by atoms with van der Waals surface area (Å²) in [4.78, 5) is 138. The Morgan fingerprint density at radius 2 is 0.898 bits per heavy atom. The number of rotatable bonds is 24. The van der Waals surface area contributed by atoms with Crippen LogP contribution in [-0.4, -0.2) is 167 Å². The highest BCUT2D eigenvalue weighted by molar-refractivity contribution is 7.92. The highest BCUT2D eigenvalue weighted by Gasteiger charge is 2.65. The van der Waals surface area contributed by atoms with E-state index in [4.69, 9.17) is 38.4 Å². The third-order valence-corrected chi connectivity index (χ3v) is 31.6. The van der Waals surface area contributed by atoms with Gasteiger partial charge < -0.3 is 38.2 Å². The van der Waals surface area contributed by atoms with Crippen molar-refractivity contribution in [2.24, 2.45) is 69.0 Å². The molecule has 4 amide bonds. The van der Waals surface area contributed by atoms with E-state index >= 15 is 9.59 Å².